The van der Waals surface area contributed by atoms with Gasteiger partial charge in [0.15, 0.2) is 0 Å². The number of hydrogen-bond acceptors (Lipinski definition) is 5. The standard InChI is InChI=1S/C16H16ClN3OS/c1-10(12-5-3-6-13(17)9-12)18-11(2)15-19-20-16(21-15)14-7-4-8-22-14/h3-11,18H,1-2H3/t10-,11+/m0/s1. The Bertz CT molecular complexity index is 741. The Balaban J connectivity index is 1.70. The van der Waals surface area contributed by atoms with Crippen molar-refractivity contribution >= 4 is 22.9 Å². The topological polar surface area (TPSA) is 51.0 Å². The van der Waals surface area contributed by atoms with E-state index in [1.54, 1.807) is 11.3 Å². The third-order valence-corrected chi connectivity index (χ3v) is 4.48. The molecule has 3 aromatic rings. The summed E-state index contributed by atoms with van der Waals surface area (Å²) in [6, 6.07) is 11.8. The normalized spacial score (nSPS) is 14.0. The summed E-state index contributed by atoms with van der Waals surface area (Å²) in [7, 11) is 0. The maximum absolute atomic E-state index is 6.04. The van der Waals surface area contributed by atoms with Crippen LogP contribution in [-0.2, 0) is 0 Å². The van der Waals surface area contributed by atoms with Crippen LogP contribution in [0.4, 0.5) is 0 Å². The van der Waals surface area contributed by atoms with Gasteiger partial charge in [-0.1, -0.05) is 29.8 Å². The zero-order valence-electron chi connectivity index (χ0n) is 12.3. The fourth-order valence-electron chi connectivity index (χ4n) is 2.23. The molecule has 1 aromatic carbocycles. The molecule has 2 heterocycles. The van der Waals surface area contributed by atoms with E-state index in [1.807, 2.05) is 48.7 Å². The lowest BCUT2D eigenvalue weighted by molar-refractivity contribution is 0.395. The molecule has 4 nitrogen and oxygen atoms in total. The minimum atomic E-state index is -0.0461. The maximum Gasteiger partial charge on any atom is 0.257 e. The highest BCUT2D eigenvalue weighted by Gasteiger charge is 2.18. The molecule has 0 spiro atoms. The number of aromatic nitrogens is 2. The van der Waals surface area contributed by atoms with Crippen LogP contribution in [0.1, 0.15) is 37.4 Å². The second kappa shape index (κ2) is 6.60. The summed E-state index contributed by atoms with van der Waals surface area (Å²) in [5.41, 5.74) is 1.12. The van der Waals surface area contributed by atoms with E-state index >= 15 is 0 Å². The van der Waals surface area contributed by atoms with Gasteiger partial charge in [0, 0.05) is 11.1 Å². The van der Waals surface area contributed by atoms with Gasteiger partial charge in [-0.15, -0.1) is 21.5 Å². The molecular weight excluding hydrogens is 318 g/mol. The van der Waals surface area contributed by atoms with Gasteiger partial charge in [0.1, 0.15) is 0 Å². The minimum Gasteiger partial charge on any atom is -0.418 e. The summed E-state index contributed by atoms with van der Waals surface area (Å²) in [5, 5.41) is 14.4. The molecule has 0 fully saturated rings. The lowest BCUT2D eigenvalue weighted by Gasteiger charge is -2.18. The number of hydrogen-bond donors (Lipinski definition) is 1. The first-order valence-electron chi connectivity index (χ1n) is 7.02. The molecule has 0 aliphatic heterocycles. The van der Waals surface area contributed by atoms with Crippen LogP contribution >= 0.6 is 22.9 Å². The van der Waals surface area contributed by atoms with Gasteiger partial charge >= 0.3 is 0 Å². The average molecular weight is 334 g/mol. The predicted molar refractivity (Wildman–Crippen MR) is 89.0 cm³/mol. The molecule has 0 aliphatic rings. The highest BCUT2D eigenvalue weighted by Crippen LogP contribution is 2.26. The molecular formula is C16H16ClN3OS. The monoisotopic (exact) mass is 333 g/mol. The van der Waals surface area contributed by atoms with E-state index < -0.39 is 0 Å². The van der Waals surface area contributed by atoms with Crippen LogP contribution in [0.15, 0.2) is 46.2 Å². The quantitative estimate of drug-likeness (QED) is 0.724. The van der Waals surface area contributed by atoms with Crippen LogP contribution in [0.3, 0.4) is 0 Å². The molecule has 0 bridgehead atoms. The lowest BCUT2D eigenvalue weighted by atomic mass is 10.1. The van der Waals surface area contributed by atoms with Crippen LogP contribution in [-0.4, -0.2) is 10.2 Å². The minimum absolute atomic E-state index is 0.0461. The molecule has 22 heavy (non-hydrogen) atoms. The second-order valence-corrected chi connectivity index (χ2v) is 6.47. The van der Waals surface area contributed by atoms with Gasteiger partial charge < -0.3 is 4.42 Å². The molecule has 2 atom stereocenters. The fraction of sp³-hybridized carbons (Fsp3) is 0.250. The Labute approximate surface area is 138 Å². The summed E-state index contributed by atoms with van der Waals surface area (Å²) in [5.74, 6) is 1.14. The van der Waals surface area contributed by atoms with E-state index in [4.69, 9.17) is 16.0 Å². The van der Waals surface area contributed by atoms with Gasteiger partial charge in [-0.25, -0.2) is 0 Å². The largest absolute Gasteiger partial charge is 0.418 e. The van der Waals surface area contributed by atoms with Crippen molar-refractivity contribution < 1.29 is 4.42 Å². The number of halogens is 1. The van der Waals surface area contributed by atoms with Crippen molar-refractivity contribution in [2.24, 2.45) is 0 Å². The van der Waals surface area contributed by atoms with Crippen molar-refractivity contribution in [1.82, 2.24) is 15.5 Å². The summed E-state index contributed by atoms with van der Waals surface area (Å²) < 4.78 is 5.75. The smallest absolute Gasteiger partial charge is 0.257 e. The average Bonchev–Trinajstić information content (AvgIpc) is 3.18. The predicted octanol–water partition coefficient (Wildman–Crippen LogP) is 4.86. The van der Waals surface area contributed by atoms with Gasteiger partial charge in [-0.05, 0) is 43.0 Å². The third kappa shape index (κ3) is 3.38. The van der Waals surface area contributed by atoms with E-state index in [-0.39, 0.29) is 12.1 Å². The first-order chi connectivity index (χ1) is 10.6. The Hall–Kier alpha value is -1.69. The van der Waals surface area contributed by atoms with Crippen LogP contribution in [0, 0.1) is 0 Å². The number of thiophene rings is 1. The number of rotatable bonds is 5. The number of nitrogens with one attached hydrogen (secondary N) is 1. The summed E-state index contributed by atoms with van der Waals surface area (Å²) in [6.45, 7) is 4.09. The fourth-order valence-corrected chi connectivity index (χ4v) is 3.07. The lowest BCUT2D eigenvalue weighted by Crippen LogP contribution is -2.22. The molecule has 0 saturated heterocycles. The van der Waals surface area contributed by atoms with E-state index in [0.29, 0.717) is 11.8 Å². The van der Waals surface area contributed by atoms with Crippen LogP contribution < -0.4 is 5.32 Å². The van der Waals surface area contributed by atoms with Crippen molar-refractivity contribution in [2.45, 2.75) is 25.9 Å². The molecule has 0 aliphatic carbocycles. The summed E-state index contributed by atoms with van der Waals surface area (Å²) >= 11 is 7.62. The molecule has 0 unspecified atom stereocenters. The molecule has 114 valence electrons. The molecule has 2 aromatic heterocycles. The van der Waals surface area contributed by atoms with Crippen molar-refractivity contribution in [3.8, 4) is 10.8 Å². The zero-order chi connectivity index (χ0) is 15.5. The van der Waals surface area contributed by atoms with Crippen LogP contribution in [0.5, 0.6) is 0 Å². The van der Waals surface area contributed by atoms with E-state index in [0.717, 1.165) is 15.5 Å². The van der Waals surface area contributed by atoms with Crippen molar-refractivity contribution in [3.05, 3.63) is 58.3 Å². The van der Waals surface area contributed by atoms with E-state index in [1.165, 1.54) is 0 Å². The number of benzene rings is 1. The highest BCUT2D eigenvalue weighted by atomic mass is 35.5. The molecule has 1 N–H and O–H groups in total. The van der Waals surface area contributed by atoms with Crippen molar-refractivity contribution in [2.75, 3.05) is 0 Å². The molecule has 3 rings (SSSR count). The first kappa shape index (κ1) is 15.2. The van der Waals surface area contributed by atoms with Gasteiger partial charge in [-0.2, -0.15) is 0 Å². The van der Waals surface area contributed by atoms with Gasteiger partial charge in [-0.3, -0.25) is 5.32 Å². The van der Waals surface area contributed by atoms with Crippen molar-refractivity contribution in [3.63, 3.8) is 0 Å². The summed E-state index contributed by atoms with van der Waals surface area (Å²) in [4.78, 5) is 0.980. The summed E-state index contributed by atoms with van der Waals surface area (Å²) in [6.07, 6.45) is 0. The van der Waals surface area contributed by atoms with E-state index in [9.17, 15) is 0 Å². The Morgan fingerprint density at radius 3 is 2.73 bits per heavy atom. The Kier molecular flexibility index (Phi) is 4.57. The van der Waals surface area contributed by atoms with E-state index in [2.05, 4.69) is 22.4 Å². The molecule has 6 heteroatoms. The third-order valence-electron chi connectivity index (χ3n) is 3.39. The molecule has 0 amide bonds. The SMILES string of the molecule is C[C@H](N[C@H](C)c1nnc(-c2cccs2)o1)c1cccc(Cl)c1. The Morgan fingerprint density at radius 1 is 1.14 bits per heavy atom. The molecule has 0 saturated carbocycles. The number of nitrogens with zero attached hydrogens (tertiary/aromatic N) is 2. The van der Waals surface area contributed by atoms with Crippen molar-refractivity contribution in [1.29, 1.82) is 0 Å². The molecule has 0 radical (unpaired) electrons. The van der Waals surface area contributed by atoms with Gasteiger partial charge in [0.25, 0.3) is 5.89 Å². The van der Waals surface area contributed by atoms with Gasteiger partial charge in [0.05, 0.1) is 10.9 Å². The van der Waals surface area contributed by atoms with Gasteiger partial charge in [0.2, 0.25) is 5.89 Å². The van der Waals surface area contributed by atoms with Crippen LogP contribution in [0.2, 0.25) is 5.02 Å². The second-order valence-electron chi connectivity index (χ2n) is 5.09. The maximum atomic E-state index is 6.04. The van der Waals surface area contributed by atoms with Crippen LogP contribution in [0.25, 0.3) is 10.8 Å². The highest BCUT2D eigenvalue weighted by molar-refractivity contribution is 7.13. The Morgan fingerprint density at radius 2 is 2.00 bits per heavy atom. The zero-order valence-corrected chi connectivity index (χ0v) is 13.9. The first-order valence-corrected chi connectivity index (χ1v) is 8.28.